The van der Waals surface area contributed by atoms with Gasteiger partial charge in [0.2, 0.25) is 0 Å². The van der Waals surface area contributed by atoms with Gasteiger partial charge in [0, 0.05) is 0 Å². The normalized spacial score (nSPS) is 16.5. The topological polar surface area (TPSA) is 69.9 Å². The molecule has 0 fully saturated rings. The summed E-state index contributed by atoms with van der Waals surface area (Å²) in [5.74, 6) is 0. The SMILES string of the molecule is OC[C@@H]([SeH])[C@@H](O)[C@H](O)COCc1ccccc1. The first kappa shape index (κ1) is 14.6. The Labute approximate surface area is 109 Å². The zero-order valence-electron chi connectivity index (χ0n) is 9.44. The fourth-order valence-electron chi connectivity index (χ4n) is 1.33. The first-order valence-corrected chi connectivity index (χ1v) is 6.50. The van der Waals surface area contributed by atoms with E-state index >= 15 is 0 Å². The number of rotatable bonds is 7. The molecule has 1 rings (SSSR count). The Morgan fingerprint density at radius 3 is 2.41 bits per heavy atom. The predicted molar refractivity (Wildman–Crippen MR) is 66.1 cm³/mol. The van der Waals surface area contributed by atoms with Crippen LogP contribution in [0.15, 0.2) is 30.3 Å². The molecule has 0 amide bonds. The molecular formula is C12H18O4Se. The van der Waals surface area contributed by atoms with Gasteiger partial charge >= 0.3 is 109 Å². The molecule has 17 heavy (non-hydrogen) atoms. The molecule has 0 radical (unpaired) electrons. The quantitative estimate of drug-likeness (QED) is 0.600. The average Bonchev–Trinajstić information content (AvgIpc) is 2.38. The molecule has 0 bridgehead atoms. The van der Waals surface area contributed by atoms with E-state index in [1.807, 2.05) is 30.3 Å². The average molecular weight is 305 g/mol. The number of hydrogen-bond donors (Lipinski definition) is 3. The molecule has 0 aliphatic heterocycles. The fourth-order valence-corrected chi connectivity index (χ4v) is 1.75. The van der Waals surface area contributed by atoms with Crippen LogP contribution >= 0.6 is 0 Å². The van der Waals surface area contributed by atoms with Gasteiger partial charge in [-0.15, -0.1) is 0 Å². The van der Waals surface area contributed by atoms with Gasteiger partial charge in [-0.2, -0.15) is 0 Å². The van der Waals surface area contributed by atoms with Crippen LogP contribution in [0.5, 0.6) is 0 Å². The van der Waals surface area contributed by atoms with Gasteiger partial charge in [-0.05, 0) is 0 Å². The van der Waals surface area contributed by atoms with E-state index in [0.29, 0.717) is 6.61 Å². The summed E-state index contributed by atoms with van der Waals surface area (Å²) in [6.07, 6.45) is -1.98. The molecule has 1 aromatic rings. The zero-order chi connectivity index (χ0) is 12.7. The Morgan fingerprint density at radius 1 is 1.18 bits per heavy atom. The monoisotopic (exact) mass is 306 g/mol. The van der Waals surface area contributed by atoms with E-state index in [1.54, 1.807) is 0 Å². The van der Waals surface area contributed by atoms with Crippen molar-refractivity contribution in [3.05, 3.63) is 35.9 Å². The number of ether oxygens (including phenoxy) is 1. The molecule has 96 valence electrons. The van der Waals surface area contributed by atoms with Crippen LogP contribution in [-0.2, 0) is 11.3 Å². The van der Waals surface area contributed by atoms with E-state index in [9.17, 15) is 10.2 Å². The summed E-state index contributed by atoms with van der Waals surface area (Å²) in [7, 11) is 0. The van der Waals surface area contributed by atoms with E-state index in [4.69, 9.17) is 9.84 Å². The summed E-state index contributed by atoms with van der Waals surface area (Å²) in [4.78, 5) is -0.419. The maximum absolute atomic E-state index is 9.60. The van der Waals surface area contributed by atoms with E-state index < -0.39 is 17.0 Å². The zero-order valence-corrected chi connectivity index (χ0v) is 11.3. The van der Waals surface area contributed by atoms with Gasteiger partial charge in [0.1, 0.15) is 0 Å². The molecule has 3 N–H and O–H groups in total. The Morgan fingerprint density at radius 2 is 1.82 bits per heavy atom. The summed E-state index contributed by atoms with van der Waals surface area (Å²) >= 11 is 2.14. The summed E-state index contributed by atoms with van der Waals surface area (Å²) in [6.45, 7) is 0.258. The predicted octanol–water partition coefficient (Wildman–Crippen LogP) is -0.393. The molecule has 0 aromatic heterocycles. The molecule has 0 heterocycles. The molecule has 4 nitrogen and oxygen atoms in total. The van der Waals surface area contributed by atoms with Crippen molar-refractivity contribution < 1.29 is 20.1 Å². The molecule has 5 heteroatoms. The van der Waals surface area contributed by atoms with Gasteiger partial charge in [-0.3, -0.25) is 0 Å². The fraction of sp³-hybridized carbons (Fsp3) is 0.500. The minimum absolute atomic E-state index is 0.0460. The molecule has 1 aromatic carbocycles. The van der Waals surface area contributed by atoms with Crippen molar-refractivity contribution >= 4 is 16.0 Å². The third-order valence-corrected chi connectivity index (χ3v) is 3.36. The minimum atomic E-state index is -0.990. The Bertz CT molecular complexity index is 307. The van der Waals surface area contributed by atoms with E-state index in [0.717, 1.165) is 5.56 Å². The Balaban J connectivity index is 2.27. The van der Waals surface area contributed by atoms with E-state index in [-0.39, 0.29) is 13.2 Å². The Kier molecular flexibility index (Phi) is 6.73. The summed E-state index contributed by atoms with van der Waals surface area (Å²) in [6, 6.07) is 9.60. The molecule has 0 unspecified atom stereocenters. The molecule has 0 aliphatic rings. The van der Waals surface area contributed by atoms with Crippen LogP contribution in [0.2, 0.25) is 4.82 Å². The third-order valence-electron chi connectivity index (χ3n) is 2.38. The van der Waals surface area contributed by atoms with Crippen LogP contribution in [0.3, 0.4) is 0 Å². The molecule has 0 spiro atoms. The van der Waals surface area contributed by atoms with Crippen molar-refractivity contribution in [2.75, 3.05) is 13.2 Å². The second kappa shape index (κ2) is 7.82. The van der Waals surface area contributed by atoms with Gasteiger partial charge in [0.25, 0.3) is 0 Å². The van der Waals surface area contributed by atoms with Crippen molar-refractivity contribution in [2.24, 2.45) is 0 Å². The van der Waals surface area contributed by atoms with Crippen molar-refractivity contribution in [1.82, 2.24) is 0 Å². The Hall–Kier alpha value is -0.421. The van der Waals surface area contributed by atoms with Crippen molar-refractivity contribution in [1.29, 1.82) is 0 Å². The first-order valence-electron chi connectivity index (χ1n) is 5.42. The number of benzene rings is 1. The molecule has 0 aliphatic carbocycles. The molecule has 0 saturated heterocycles. The van der Waals surface area contributed by atoms with Gasteiger partial charge in [0.15, 0.2) is 0 Å². The molecular weight excluding hydrogens is 287 g/mol. The van der Waals surface area contributed by atoms with Gasteiger partial charge in [0.05, 0.1) is 0 Å². The summed E-state index contributed by atoms with van der Waals surface area (Å²) in [5.41, 5.74) is 1.01. The van der Waals surface area contributed by atoms with Crippen LogP contribution in [-0.4, -0.2) is 56.8 Å². The molecule has 0 saturated carbocycles. The summed E-state index contributed by atoms with van der Waals surface area (Å²) in [5, 5.41) is 28.0. The van der Waals surface area contributed by atoms with Crippen LogP contribution in [0.4, 0.5) is 0 Å². The third kappa shape index (κ3) is 5.17. The number of aliphatic hydroxyl groups excluding tert-OH is 3. The van der Waals surface area contributed by atoms with Gasteiger partial charge < -0.3 is 0 Å². The first-order chi connectivity index (χ1) is 8.15. The number of aliphatic hydroxyl groups is 3. The van der Waals surface area contributed by atoms with Crippen molar-refractivity contribution in [3.63, 3.8) is 0 Å². The van der Waals surface area contributed by atoms with Crippen LogP contribution < -0.4 is 0 Å². The van der Waals surface area contributed by atoms with Gasteiger partial charge in [-0.25, -0.2) is 0 Å². The van der Waals surface area contributed by atoms with Crippen LogP contribution in [0.1, 0.15) is 5.56 Å². The standard InChI is InChI=1S/C12H18O4Se/c13-6-11(17)12(15)10(14)8-16-7-9-4-2-1-3-5-9/h1-5,10-15,17H,6-8H2/t10-,11-,12+/m1/s1. The molecule has 3 atom stereocenters. The second-order valence-electron chi connectivity index (χ2n) is 3.81. The maximum atomic E-state index is 9.60. The van der Waals surface area contributed by atoms with E-state index in [1.165, 1.54) is 0 Å². The van der Waals surface area contributed by atoms with E-state index in [2.05, 4.69) is 16.0 Å². The number of hydrogen-bond acceptors (Lipinski definition) is 4. The van der Waals surface area contributed by atoms with Crippen molar-refractivity contribution in [2.45, 2.75) is 23.6 Å². The van der Waals surface area contributed by atoms with Crippen LogP contribution in [0, 0.1) is 0 Å². The van der Waals surface area contributed by atoms with Crippen LogP contribution in [0.25, 0.3) is 0 Å². The van der Waals surface area contributed by atoms with Gasteiger partial charge in [-0.1, -0.05) is 0 Å². The van der Waals surface area contributed by atoms with Crippen molar-refractivity contribution in [3.8, 4) is 0 Å². The second-order valence-corrected chi connectivity index (χ2v) is 5.20. The summed E-state index contributed by atoms with van der Waals surface area (Å²) < 4.78 is 5.30.